The molecule has 14 heavy (non-hydrogen) atoms. The summed E-state index contributed by atoms with van der Waals surface area (Å²) in [6, 6.07) is 8.28. The van der Waals surface area contributed by atoms with E-state index in [4.69, 9.17) is 0 Å². The summed E-state index contributed by atoms with van der Waals surface area (Å²) in [6.07, 6.45) is 3.62. The van der Waals surface area contributed by atoms with Gasteiger partial charge in [-0.25, -0.2) is 0 Å². The second kappa shape index (κ2) is 5.38. The molecule has 0 fully saturated rings. The Morgan fingerprint density at radius 2 is 2.29 bits per heavy atom. The van der Waals surface area contributed by atoms with E-state index in [1.165, 1.54) is 11.1 Å². The van der Waals surface area contributed by atoms with Crippen molar-refractivity contribution >= 4 is 5.78 Å². The van der Waals surface area contributed by atoms with Crippen molar-refractivity contribution in [2.75, 3.05) is 0 Å². The smallest absolute Gasteiger partial charge is 0.136 e. The lowest BCUT2D eigenvalue weighted by molar-refractivity contribution is -0.118. The summed E-state index contributed by atoms with van der Waals surface area (Å²) in [5.41, 5.74) is 2.49. The molecule has 0 aliphatic carbocycles. The van der Waals surface area contributed by atoms with Crippen LogP contribution in [-0.4, -0.2) is 5.78 Å². The van der Waals surface area contributed by atoms with E-state index in [1.807, 2.05) is 6.07 Å². The van der Waals surface area contributed by atoms with E-state index >= 15 is 0 Å². The summed E-state index contributed by atoms with van der Waals surface area (Å²) in [6.45, 7) is 5.61. The minimum Gasteiger partial charge on any atom is -0.299 e. The topological polar surface area (TPSA) is 17.1 Å². The molecule has 74 valence electrons. The van der Waals surface area contributed by atoms with Crippen molar-refractivity contribution in [3.05, 3.63) is 48.0 Å². The van der Waals surface area contributed by atoms with Gasteiger partial charge in [0.1, 0.15) is 5.78 Å². The van der Waals surface area contributed by atoms with Gasteiger partial charge < -0.3 is 0 Å². The van der Waals surface area contributed by atoms with E-state index in [9.17, 15) is 4.79 Å². The molecule has 0 heterocycles. The Labute approximate surface area is 85.5 Å². The standard InChI is InChI=1S/C13H16O/c1-3-5-13(14)9-8-12-7-4-6-11(2)10-12/h3-4,6-7,10H,1,5,8-9H2,2H3. The molecule has 0 saturated carbocycles. The van der Waals surface area contributed by atoms with Crippen LogP contribution in [0.4, 0.5) is 0 Å². The van der Waals surface area contributed by atoms with Crippen LogP contribution >= 0.6 is 0 Å². The first-order chi connectivity index (χ1) is 6.72. The Bertz CT molecular complexity index is 326. The highest BCUT2D eigenvalue weighted by Gasteiger charge is 2.00. The molecule has 0 N–H and O–H groups in total. The summed E-state index contributed by atoms with van der Waals surface area (Å²) < 4.78 is 0. The number of aryl methyl sites for hydroxylation is 2. The summed E-state index contributed by atoms with van der Waals surface area (Å²) in [5.74, 6) is 0.265. The van der Waals surface area contributed by atoms with Crippen molar-refractivity contribution in [1.82, 2.24) is 0 Å². The zero-order valence-corrected chi connectivity index (χ0v) is 8.62. The molecule has 1 rings (SSSR count). The van der Waals surface area contributed by atoms with Gasteiger partial charge in [0.2, 0.25) is 0 Å². The van der Waals surface area contributed by atoms with E-state index in [0.29, 0.717) is 12.8 Å². The lowest BCUT2D eigenvalue weighted by Crippen LogP contribution is -1.98. The van der Waals surface area contributed by atoms with Gasteiger partial charge >= 0.3 is 0 Å². The van der Waals surface area contributed by atoms with Crippen molar-refractivity contribution in [3.63, 3.8) is 0 Å². The minimum absolute atomic E-state index is 0.265. The fraction of sp³-hybridized carbons (Fsp3) is 0.308. The van der Waals surface area contributed by atoms with Crippen LogP contribution in [-0.2, 0) is 11.2 Å². The molecule has 0 spiro atoms. The molecule has 0 bridgehead atoms. The average molecular weight is 188 g/mol. The third kappa shape index (κ3) is 3.56. The van der Waals surface area contributed by atoms with Crippen LogP contribution in [0.5, 0.6) is 0 Å². The monoisotopic (exact) mass is 188 g/mol. The number of ketones is 1. The summed E-state index contributed by atoms with van der Waals surface area (Å²) in [4.78, 5) is 11.2. The van der Waals surface area contributed by atoms with Gasteiger partial charge in [0.05, 0.1) is 0 Å². The quantitative estimate of drug-likeness (QED) is 0.649. The highest BCUT2D eigenvalue weighted by molar-refractivity contribution is 5.79. The van der Waals surface area contributed by atoms with E-state index in [-0.39, 0.29) is 5.78 Å². The van der Waals surface area contributed by atoms with E-state index in [1.54, 1.807) is 6.08 Å². The number of hydrogen-bond donors (Lipinski definition) is 0. The highest BCUT2D eigenvalue weighted by Crippen LogP contribution is 2.07. The maximum atomic E-state index is 11.2. The number of hydrogen-bond acceptors (Lipinski definition) is 1. The first kappa shape index (κ1) is 10.7. The zero-order chi connectivity index (χ0) is 10.4. The third-order valence-electron chi connectivity index (χ3n) is 2.15. The van der Waals surface area contributed by atoms with Crippen molar-refractivity contribution in [3.8, 4) is 0 Å². The lowest BCUT2D eigenvalue weighted by atomic mass is 10.0. The molecular weight excluding hydrogens is 172 g/mol. The Hall–Kier alpha value is -1.37. The Kier molecular flexibility index (Phi) is 4.11. The maximum absolute atomic E-state index is 11.2. The van der Waals surface area contributed by atoms with Crippen LogP contribution in [0.3, 0.4) is 0 Å². The predicted molar refractivity (Wildman–Crippen MR) is 59.3 cm³/mol. The van der Waals surface area contributed by atoms with Crippen LogP contribution in [0, 0.1) is 6.92 Å². The predicted octanol–water partition coefficient (Wildman–Crippen LogP) is 3.07. The normalized spacial score (nSPS) is 9.79. The summed E-state index contributed by atoms with van der Waals surface area (Å²) in [7, 11) is 0. The largest absolute Gasteiger partial charge is 0.299 e. The van der Waals surface area contributed by atoms with Crippen LogP contribution in [0.25, 0.3) is 0 Å². The van der Waals surface area contributed by atoms with Crippen molar-refractivity contribution < 1.29 is 4.79 Å². The van der Waals surface area contributed by atoms with Gasteiger partial charge in [-0.05, 0) is 18.9 Å². The second-order valence-electron chi connectivity index (χ2n) is 3.52. The van der Waals surface area contributed by atoms with E-state index < -0.39 is 0 Å². The van der Waals surface area contributed by atoms with E-state index in [0.717, 1.165) is 6.42 Å². The molecule has 0 aliphatic rings. The van der Waals surface area contributed by atoms with Crippen molar-refractivity contribution in [2.24, 2.45) is 0 Å². The van der Waals surface area contributed by atoms with Crippen LogP contribution < -0.4 is 0 Å². The molecule has 0 aromatic heterocycles. The second-order valence-corrected chi connectivity index (χ2v) is 3.52. The highest BCUT2D eigenvalue weighted by atomic mass is 16.1. The molecule has 0 atom stereocenters. The number of carbonyl (C=O) groups excluding carboxylic acids is 1. The fourth-order valence-corrected chi connectivity index (χ4v) is 1.41. The number of allylic oxidation sites excluding steroid dienone is 1. The number of Topliss-reactive ketones (excluding diaryl/α,β-unsaturated/α-hetero) is 1. The Morgan fingerprint density at radius 3 is 2.93 bits per heavy atom. The van der Waals surface area contributed by atoms with Crippen LogP contribution in [0.2, 0.25) is 0 Å². The minimum atomic E-state index is 0.265. The average Bonchev–Trinajstić information content (AvgIpc) is 2.15. The molecule has 0 unspecified atom stereocenters. The number of rotatable bonds is 5. The van der Waals surface area contributed by atoms with E-state index in [2.05, 4.69) is 31.7 Å². The Balaban J connectivity index is 2.45. The zero-order valence-electron chi connectivity index (χ0n) is 8.62. The van der Waals surface area contributed by atoms with Gasteiger partial charge in [0.25, 0.3) is 0 Å². The molecule has 0 radical (unpaired) electrons. The third-order valence-corrected chi connectivity index (χ3v) is 2.15. The molecule has 0 saturated heterocycles. The van der Waals surface area contributed by atoms with Gasteiger partial charge in [0.15, 0.2) is 0 Å². The first-order valence-corrected chi connectivity index (χ1v) is 4.90. The molecule has 1 aromatic rings. The molecular formula is C13H16O. The van der Waals surface area contributed by atoms with Gasteiger partial charge in [-0.2, -0.15) is 0 Å². The first-order valence-electron chi connectivity index (χ1n) is 4.90. The van der Waals surface area contributed by atoms with Crippen LogP contribution in [0.15, 0.2) is 36.9 Å². The maximum Gasteiger partial charge on any atom is 0.136 e. The lowest BCUT2D eigenvalue weighted by Gasteiger charge is -2.00. The van der Waals surface area contributed by atoms with Gasteiger partial charge in [-0.3, -0.25) is 4.79 Å². The fourth-order valence-electron chi connectivity index (χ4n) is 1.41. The molecule has 1 aromatic carbocycles. The van der Waals surface area contributed by atoms with Gasteiger partial charge in [-0.15, -0.1) is 6.58 Å². The summed E-state index contributed by atoms with van der Waals surface area (Å²) >= 11 is 0. The number of benzene rings is 1. The molecule has 0 amide bonds. The molecule has 1 nitrogen and oxygen atoms in total. The Morgan fingerprint density at radius 1 is 1.50 bits per heavy atom. The van der Waals surface area contributed by atoms with Gasteiger partial charge in [-0.1, -0.05) is 35.9 Å². The van der Waals surface area contributed by atoms with Crippen LogP contribution in [0.1, 0.15) is 24.0 Å². The summed E-state index contributed by atoms with van der Waals surface area (Å²) in [5, 5.41) is 0. The molecule has 1 heteroatoms. The van der Waals surface area contributed by atoms with Crippen molar-refractivity contribution in [2.45, 2.75) is 26.2 Å². The van der Waals surface area contributed by atoms with Gasteiger partial charge in [0, 0.05) is 12.8 Å². The number of carbonyl (C=O) groups is 1. The SMILES string of the molecule is C=CCC(=O)CCc1cccc(C)c1. The molecule has 0 aliphatic heterocycles. The van der Waals surface area contributed by atoms with Crippen molar-refractivity contribution in [1.29, 1.82) is 0 Å².